The van der Waals surface area contributed by atoms with Crippen LogP contribution in [-0.4, -0.2) is 33.7 Å². The molecule has 1 aromatic rings. The Morgan fingerprint density at radius 2 is 1.84 bits per heavy atom. The molecule has 0 aliphatic carbocycles. The molecule has 0 radical (unpaired) electrons. The molecular weight excluding hydrogens is 249 g/mol. The Morgan fingerprint density at radius 1 is 1.21 bits per heavy atom. The Morgan fingerprint density at radius 3 is 2.32 bits per heavy atom. The van der Waals surface area contributed by atoms with Crippen LogP contribution in [0, 0.1) is 5.82 Å². The van der Waals surface area contributed by atoms with Gasteiger partial charge in [0.25, 0.3) is 0 Å². The van der Waals surface area contributed by atoms with Crippen LogP contribution in [-0.2, 0) is 9.47 Å². The first-order valence-electron chi connectivity index (χ1n) is 6.42. The lowest BCUT2D eigenvalue weighted by molar-refractivity contribution is -0.154. The smallest absolute Gasteiger partial charge is 0.176 e. The quantitative estimate of drug-likeness (QED) is 0.737. The van der Waals surface area contributed by atoms with Gasteiger partial charge in [-0.15, -0.1) is 0 Å². The summed E-state index contributed by atoms with van der Waals surface area (Å²) in [4.78, 5) is 0. The van der Waals surface area contributed by atoms with Gasteiger partial charge in [-0.25, -0.2) is 4.39 Å². The maximum Gasteiger partial charge on any atom is 0.176 e. The van der Waals surface area contributed by atoms with Gasteiger partial charge in [0.2, 0.25) is 0 Å². The minimum atomic E-state index is -0.540. The lowest BCUT2D eigenvalue weighted by atomic mass is 10.1. The van der Waals surface area contributed by atoms with Crippen LogP contribution in [0.1, 0.15) is 25.5 Å². The zero-order valence-corrected chi connectivity index (χ0v) is 11.9. The highest BCUT2D eigenvalue weighted by molar-refractivity contribution is 5.33. The monoisotopic (exact) mass is 271 g/mol. The lowest BCUT2D eigenvalue weighted by Crippen LogP contribution is -2.34. The van der Waals surface area contributed by atoms with Crippen molar-refractivity contribution in [3.05, 3.63) is 29.6 Å². The van der Waals surface area contributed by atoms with Gasteiger partial charge in [0.1, 0.15) is 0 Å². The molecule has 0 aliphatic rings. The normalized spacial score (nSPS) is 12.7. The molecule has 0 aromatic heterocycles. The molecule has 0 saturated carbocycles. The average Bonchev–Trinajstić information content (AvgIpc) is 2.42. The molecule has 1 rings (SSSR count). The number of hydrogen-bond donors (Lipinski definition) is 1. The van der Waals surface area contributed by atoms with Crippen molar-refractivity contribution in [2.75, 3.05) is 27.4 Å². The summed E-state index contributed by atoms with van der Waals surface area (Å²) in [7, 11) is 3.19. The fourth-order valence-corrected chi connectivity index (χ4v) is 1.93. The van der Waals surface area contributed by atoms with Crippen molar-refractivity contribution >= 4 is 0 Å². The van der Waals surface area contributed by atoms with Crippen LogP contribution in [0.15, 0.2) is 18.2 Å². The van der Waals surface area contributed by atoms with Crippen molar-refractivity contribution in [2.24, 2.45) is 0 Å². The number of benzene rings is 1. The van der Waals surface area contributed by atoms with Gasteiger partial charge in [-0.2, -0.15) is 0 Å². The molecule has 1 aromatic carbocycles. The Kier molecular flexibility index (Phi) is 6.77. The summed E-state index contributed by atoms with van der Waals surface area (Å²) in [5.74, 6) is -0.182. The van der Waals surface area contributed by atoms with E-state index in [9.17, 15) is 4.39 Å². The maximum atomic E-state index is 14.3. The largest absolute Gasteiger partial charge is 0.494 e. The maximum absolute atomic E-state index is 14.3. The lowest BCUT2D eigenvalue weighted by Gasteiger charge is -2.27. The van der Waals surface area contributed by atoms with Gasteiger partial charge in [0, 0.05) is 18.8 Å². The van der Waals surface area contributed by atoms with Crippen LogP contribution in [0.3, 0.4) is 0 Å². The summed E-state index contributed by atoms with van der Waals surface area (Å²) in [6.07, 6.45) is -0.540. The minimum absolute atomic E-state index is 0.212. The van der Waals surface area contributed by atoms with Gasteiger partial charge in [-0.3, -0.25) is 0 Å². The minimum Gasteiger partial charge on any atom is -0.494 e. The van der Waals surface area contributed by atoms with E-state index in [1.54, 1.807) is 25.2 Å². The Bertz CT molecular complexity index is 381. The number of likely N-dealkylation sites (N-methyl/N-ethyl adjacent to an activating group) is 1. The first-order chi connectivity index (χ1) is 9.19. The van der Waals surface area contributed by atoms with Crippen LogP contribution < -0.4 is 10.1 Å². The van der Waals surface area contributed by atoms with E-state index in [1.165, 1.54) is 7.11 Å². The molecule has 0 amide bonds. The van der Waals surface area contributed by atoms with Gasteiger partial charge in [0.05, 0.1) is 13.2 Å². The van der Waals surface area contributed by atoms with Crippen molar-refractivity contribution in [1.29, 1.82) is 0 Å². The Labute approximate surface area is 113 Å². The molecule has 0 aliphatic heterocycles. The molecule has 108 valence electrons. The van der Waals surface area contributed by atoms with Crippen LogP contribution in [0.25, 0.3) is 0 Å². The van der Waals surface area contributed by atoms with Crippen LogP contribution in [0.4, 0.5) is 4.39 Å². The van der Waals surface area contributed by atoms with Crippen molar-refractivity contribution in [1.82, 2.24) is 5.32 Å². The summed E-state index contributed by atoms with van der Waals surface area (Å²) >= 11 is 0. The van der Waals surface area contributed by atoms with E-state index >= 15 is 0 Å². The van der Waals surface area contributed by atoms with Crippen LogP contribution >= 0.6 is 0 Å². The zero-order valence-electron chi connectivity index (χ0n) is 11.9. The molecule has 4 nitrogen and oxygen atoms in total. The van der Waals surface area contributed by atoms with Crippen molar-refractivity contribution in [3.8, 4) is 5.75 Å². The number of rotatable bonds is 8. The van der Waals surface area contributed by atoms with Gasteiger partial charge in [0.15, 0.2) is 17.9 Å². The second-order valence-electron chi connectivity index (χ2n) is 3.91. The second-order valence-corrected chi connectivity index (χ2v) is 3.91. The molecule has 0 fully saturated rings. The predicted octanol–water partition coefficient (Wildman–Crippen LogP) is 2.49. The summed E-state index contributed by atoms with van der Waals surface area (Å²) in [6, 6.07) is 4.64. The Balaban J connectivity index is 3.06. The third kappa shape index (κ3) is 3.89. The highest BCUT2D eigenvalue weighted by Crippen LogP contribution is 2.28. The second kappa shape index (κ2) is 8.09. The summed E-state index contributed by atoms with van der Waals surface area (Å²) < 4.78 is 30.3. The molecule has 0 bridgehead atoms. The van der Waals surface area contributed by atoms with Crippen LogP contribution in [0.5, 0.6) is 5.75 Å². The molecule has 1 unspecified atom stereocenters. The van der Waals surface area contributed by atoms with E-state index in [4.69, 9.17) is 14.2 Å². The molecule has 0 spiro atoms. The zero-order chi connectivity index (χ0) is 14.3. The van der Waals surface area contributed by atoms with Gasteiger partial charge < -0.3 is 19.5 Å². The summed E-state index contributed by atoms with van der Waals surface area (Å²) in [5, 5.41) is 3.03. The number of nitrogens with one attached hydrogen (secondary N) is 1. The molecule has 19 heavy (non-hydrogen) atoms. The van der Waals surface area contributed by atoms with Crippen molar-refractivity contribution in [3.63, 3.8) is 0 Å². The van der Waals surface area contributed by atoms with E-state index in [2.05, 4.69) is 5.32 Å². The van der Waals surface area contributed by atoms with Crippen molar-refractivity contribution < 1.29 is 18.6 Å². The standard InChI is InChI=1S/C14H22FNO3/c1-5-18-14(19-6-2)13(16-3)10-8-7-9-11(17-4)12(10)15/h7-9,13-14,16H,5-6H2,1-4H3. The van der Waals surface area contributed by atoms with E-state index < -0.39 is 18.1 Å². The summed E-state index contributed by atoms with van der Waals surface area (Å²) in [6.45, 7) is 4.74. The SMILES string of the molecule is CCOC(OCC)C(NC)c1cccc(OC)c1F. The fourth-order valence-electron chi connectivity index (χ4n) is 1.93. The van der Waals surface area contributed by atoms with E-state index in [1.807, 2.05) is 13.8 Å². The summed E-state index contributed by atoms with van der Waals surface area (Å²) in [5.41, 5.74) is 0.466. The number of methoxy groups -OCH3 is 1. The third-order valence-electron chi connectivity index (χ3n) is 2.79. The Hall–Kier alpha value is -1.17. The third-order valence-corrected chi connectivity index (χ3v) is 2.79. The molecule has 0 saturated heterocycles. The van der Waals surface area contributed by atoms with E-state index in [0.29, 0.717) is 18.8 Å². The first-order valence-corrected chi connectivity index (χ1v) is 6.42. The number of hydrogen-bond acceptors (Lipinski definition) is 4. The molecular formula is C14H22FNO3. The van der Waals surface area contributed by atoms with E-state index in [-0.39, 0.29) is 5.75 Å². The van der Waals surface area contributed by atoms with Crippen LogP contribution in [0.2, 0.25) is 0 Å². The highest BCUT2D eigenvalue weighted by atomic mass is 19.1. The van der Waals surface area contributed by atoms with Gasteiger partial charge >= 0.3 is 0 Å². The number of halogens is 1. The van der Waals surface area contributed by atoms with Crippen molar-refractivity contribution in [2.45, 2.75) is 26.2 Å². The predicted molar refractivity (Wildman–Crippen MR) is 71.8 cm³/mol. The fraction of sp³-hybridized carbons (Fsp3) is 0.571. The van der Waals surface area contributed by atoms with Gasteiger partial charge in [-0.1, -0.05) is 12.1 Å². The van der Waals surface area contributed by atoms with E-state index in [0.717, 1.165) is 0 Å². The molecule has 0 heterocycles. The molecule has 5 heteroatoms. The topological polar surface area (TPSA) is 39.7 Å². The molecule has 1 atom stereocenters. The van der Waals surface area contributed by atoms with Gasteiger partial charge in [-0.05, 0) is 27.0 Å². The number of ether oxygens (including phenoxy) is 3. The highest BCUT2D eigenvalue weighted by Gasteiger charge is 2.26. The first kappa shape index (κ1) is 15.9. The molecule has 1 N–H and O–H groups in total. The average molecular weight is 271 g/mol.